The maximum Gasteiger partial charge on any atom is 0.200 e. The smallest absolute Gasteiger partial charge is 0.200 e. The molecule has 0 unspecified atom stereocenters. The van der Waals surface area contributed by atoms with Crippen molar-refractivity contribution in [2.75, 3.05) is 0 Å². The van der Waals surface area contributed by atoms with Crippen LogP contribution in [-0.2, 0) is 0 Å². The summed E-state index contributed by atoms with van der Waals surface area (Å²) in [6.45, 7) is 8.08. The fraction of sp³-hybridized carbons (Fsp3) is 0.235. The Morgan fingerprint density at radius 1 is 0.684 bits per heavy atom. The number of aryl methyl sites for hydroxylation is 4. The van der Waals surface area contributed by atoms with Crippen molar-refractivity contribution >= 4 is 21.9 Å². The van der Waals surface area contributed by atoms with Gasteiger partial charge in [0.2, 0.25) is 5.43 Å². The summed E-state index contributed by atoms with van der Waals surface area (Å²) in [5.41, 5.74) is 5.90. The maximum atomic E-state index is 12.6. The molecule has 0 saturated heterocycles. The molecule has 0 bridgehead atoms. The van der Waals surface area contributed by atoms with Gasteiger partial charge in [-0.1, -0.05) is 0 Å². The highest BCUT2D eigenvalue weighted by molar-refractivity contribution is 5.91. The molecule has 96 valence electrons. The first kappa shape index (κ1) is 12.0. The van der Waals surface area contributed by atoms with Crippen molar-refractivity contribution in [2.24, 2.45) is 0 Å². The van der Waals surface area contributed by atoms with Crippen molar-refractivity contribution in [3.63, 3.8) is 0 Å². The van der Waals surface area contributed by atoms with Crippen molar-refractivity contribution < 1.29 is 4.42 Å². The molecule has 0 atom stereocenters. The number of hydrogen-bond acceptors (Lipinski definition) is 2. The van der Waals surface area contributed by atoms with Gasteiger partial charge in [0.05, 0.1) is 10.8 Å². The first-order chi connectivity index (χ1) is 8.97. The molecule has 3 rings (SSSR count). The minimum atomic E-state index is 0.0578. The van der Waals surface area contributed by atoms with Crippen LogP contribution < -0.4 is 5.43 Å². The molecule has 2 aromatic carbocycles. The van der Waals surface area contributed by atoms with Gasteiger partial charge < -0.3 is 4.42 Å². The Hall–Kier alpha value is -2.09. The van der Waals surface area contributed by atoms with Crippen LogP contribution in [0.4, 0.5) is 0 Å². The molecule has 0 spiro atoms. The van der Waals surface area contributed by atoms with Crippen LogP contribution in [0.5, 0.6) is 0 Å². The predicted octanol–water partition coefficient (Wildman–Crippen LogP) is 4.18. The summed E-state index contributed by atoms with van der Waals surface area (Å²) in [6, 6.07) is 7.73. The quantitative estimate of drug-likeness (QED) is 0.562. The molecular weight excluding hydrogens is 236 g/mol. The van der Waals surface area contributed by atoms with E-state index in [1.54, 1.807) is 0 Å². The van der Waals surface area contributed by atoms with E-state index in [0.717, 1.165) is 22.3 Å². The van der Waals surface area contributed by atoms with Crippen LogP contribution in [0.1, 0.15) is 22.3 Å². The lowest BCUT2D eigenvalue weighted by Gasteiger charge is -2.07. The van der Waals surface area contributed by atoms with Crippen molar-refractivity contribution in [1.29, 1.82) is 0 Å². The zero-order valence-electron chi connectivity index (χ0n) is 11.6. The van der Waals surface area contributed by atoms with E-state index in [4.69, 9.17) is 4.42 Å². The van der Waals surface area contributed by atoms with E-state index in [0.29, 0.717) is 21.9 Å². The lowest BCUT2D eigenvalue weighted by atomic mass is 10.0. The van der Waals surface area contributed by atoms with E-state index >= 15 is 0 Å². The summed E-state index contributed by atoms with van der Waals surface area (Å²) in [6.07, 6.45) is 0. The molecule has 0 fully saturated rings. The molecule has 0 aliphatic carbocycles. The molecule has 19 heavy (non-hydrogen) atoms. The second-order valence-electron chi connectivity index (χ2n) is 5.30. The average Bonchev–Trinajstić information content (AvgIpc) is 2.35. The average molecular weight is 252 g/mol. The third-order valence-electron chi connectivity index (χ3n) is 3.90. The molecule has 0 N–H and O–H groups in total. The lowest BCUT2D eigenvalue weighted by molar-refractivity contribution is 0.659. The second-order valence-corrected chi connectivity index (χ2v) is 5.30. The van der Waals surface area contributed by atoms with Crippen LogP contribution in [0.15, 0.2) is 33.5 Å². The van der Waals surface area contributed by atoms with Crippen molar-refractivity contribution in [3.05, 3.63) is 56.7 Å². The first-order valence-corrected chi connectivity index (χ1v) is 6.42. The van der Waals surface area contributed by atoms with E-state index < -0.39 is 0 Å². The topological polar surface area (TPSA) is 30.2 Å². The van der Waals surface area contributed by atoms with Crippen LogP contribution in [0, 0.1) is 27.7 Å². The highest BCUT2D eigenvalue weighted by atomic mass is 16.3. The van der Waals surface area contributed by atoms with E-state index in [1.807, 2.05) is 52.0 Å². The molecule has 0 aliphatic rings. The Morgan fingerprint density at radius 2 is 1.05 bits per heavy atom. The van der Waals surface area contributed by atoms with Gasteiger partial charge in [-0.25, -0.2) is 0 Å². The molecule has 2 heteroatoms. The van der Waals surface area contributed by atoms with Gasteiger partial charge in [0.1, 0.15) is 11.2 Å². The lowest BCUT2D eigenvalue weighted by Crippen LogP contribution is -2.03. The summed E-state index contributed by atoms with van der Waals surface area (Å²) in [4.78, 5) is 12.6. The van der Waals surface area contributed by atoms with Crippen molar-refractivity contribution in [2.45, 2.75) is 27.7 Å². The van der Waals surface area contributed by atoms with Crippen LogP contribution in [-0.4, -0.2) is 0 Å². The van der Waals surface area contributed by atoms with Gasteiger partial charge in [-0.05, 0) is 74.2 Å². The fourth-order valence-corrected chi connectivity index (χ4v) is 2.37. The normalized spacial score (nSPS) is 11.4. The SMILES string of the molecule is Cc1cc2oc3cc(C)c(C)cc3c(=O)c2cc1C. The van der Waals surface area contributed by atoms with Gasteiger partial charge in [-0.2, -0.15) is 0 Å². The molecule has 1 aromatic heterocycles. The highest BCUT2D eigenvalue weighted by Crippen LogP contribution is 2.23. The molecular formula is C17H16O2. The zero-order valence-corrected chi connectivity index (χ0v) is 11.6. The molecule has 2 nitrogen and oxygen atoms in total. The third-order valence-corrected chi connectivity index (χ3v) is 3.90. The highest BCUT2D eigenvalue weighted by Gasteiger charge is 2.10. The Kier molecular flexibility index (Phi) is 2.49. The first-order valence-electron chi connectivity index (χ1n) is 6.42. The van der Waals surface area contributed by atoms with Crippen LogP contribution in [0.25, 0.3) is 21.9 Å². The van der Waals surface area contributed by atoms with E-state index in [-0.39, 0.29) is 5.43 Å². The summed E-state index contributed by atoms with van der Waals surface area (Å²) in [5.74, 6) is 0. The summed E-state index contributed by atoms with van der Waals surface area (Å²) in [5, 5.41) is 1.33. The van der Waals surface area contributed by atoms with Crippen LogP contribution in [0.3, 0.4) is 0 Å². The molecule has 0 radical (unpaired) electrons. The number of rotatable bonds is 0. The molecule has 0 saturated carbocycles. The Labute approximate surface area is 111 Å². The van der Waals surface area contributed by atoms with E-state index in [9.17, 15) is 4.79 Å². The summed E-state index contributed by atoms with van der Waals surface area (Å²) >= 11 is 0. The van der Waals surface area contributed by atoms with Crippen molar-refractivity contribution in [3.8, 4) is 0 Å². The van der Waals surface area contributed by atoms with Gasteiger partial charge in [0.25, 0.3) is 0 Å². The standard InChI is InChI=1S/C17H16O2/c1-9-5-13-15(7-11(9)3)19-16-8-12(4)10(2)6-14(16)17(13)18/h5-8H,1-4H3. The number of benzene rings is 2. The Morgan fingerprint density at radius 3 is 1.47 bits per heavy atom. The number of hydrogen-bond donors (Lipinski definition) is 0. The molecule has 3 aromatic rings. The number of fused-ring (bicyclic) bond motifs is 2. The van der Waals surface area contributed by atoms with E-state index in [1.165, 1.54) is 0 Å². The second kappa shape index (κ2) is 3.95. The minimum Gasteiger partial charge on any atom is -0.456 e. The fourth-order valence-electron chi connectivity index (χ4n) is 2.37. The Balaban J connectivity index is 2.56. The molecule has 0 amide bonds. The predicted molar refractivity (Wildman–Crippen MR) is 78.9 cm³/mol. The largest absolute Gasteiger partial charge is 0.456 e. The Bertz CT molecular complexity index is 801. The van der Waals surface area contributed by atoms with Gasteiger partial charge in [-0.3, -0.25) is 4.79 Å². The maximum absolute atomic E-state index is 12.6. The zero-order chi connectivity index (χ0) is 13.7. The van der Waals surface area contributed by atoms with Gasteiger partial charge in [-0.15, -0.1) is 0 Å². The molecule has 0 aliphatic heterocycles. The van der Waals surface area contributed by atoms with Gasteiger partial charge in [0, 0.05) is 0 Å². The monoisotopic (exact) mass is 252 g/mol. The molecule has 1 heterocycles. The van der Waals surface area contributed by atoms with Gasteiger partial charge >= 0.3 is 0 Å². The summed E-state index contributed by atoms with van der Waals surface area (Å²) in [7, 11) is 0. The van der Waals surface area contributed by atoms with Crippen molar-refractivity contribution in [1.82, 2.24) is 0 Å². The van der Waals surface area contributed by atoms with Crippen LogP contribution in [0.2, 0.25) is 0 Å². The third kappa shape index (κ3) is 1.75. The minimum absolute atomic E-state index is 0.0578. The van der Waals surface area contributed by atoms with E-state index in [2.05, 4.69) is 0 Å². The van der Waals surface area contributed by atoms with Crippen LogP contribution >= 0.6 is 0 Å². The summed E-state index contributed by atoms with van der Waals surface area (Å²) < 4.78 is 5.90. The van der Waals surface area contributed by atoms with Gasteiger partial charge in [0.15, 0.2) is 0 Å².